The minimum Gasteiger partial charge on any atom is -0.490 e. The second-order valence-corrected chi connectivity index (χ2v) is 11.5. The van der Waals surface area contributed by atoms with Crippen LogP contribution in [0.3, 0.4) is 0 Å². The first kappa shape index (κ1) is 23.6. The molecule has 7 nitrogen and oxygen atoms in total. The van der Waals surface area contributed by atoms with Crippen molar-refractivity contribution < 1.29 is 4.74 Å². The highest BCUT2D eigenvalue weighted by Crippen LogP contribution is 2.38. The predicted octanol–water partition coefficient (Wildman–Crippen LogP) is 6.07. The van der Waals surface area contributed by atoms with Gasteiger partial charge in [-0.2, -0.15) is 0 Å². The Morgan fingerprint density at radius 3 is 2.50 bits per heavy atom. The SMILES string of the molecule is O=c1c2sc(-c3ccc(Cl)cc3)cc2ncn1-c1ccc(OC2C[C@H]3CC[C@@H](C2)N3Cc2ncc[nH]2)cc1. The zero-order valence-electron chi connectivity index (χ0n) is 20.6. The van der Waals surface area contributed by atoms with Crippen LogP contribution in [0.4, 0.5) is 0 Å². The molecule has 3 aromatic heterocycles. The van der Waals surface area contributed by atoms with E-state index < -0.39 is 0 Å². The number of ether oxygens (including phenoxy) is 1. The number of H-pyrrole nitrogens is 1. The molecule has 192 valence electrons. The number of piperidine rings is 1. The maximum absolute atomic E-state index is 13.3. The number of halogens is 1. The van der Waals surface area contributed by atoms with Crippen molar-refractivity contribution >= 4 is 33.2 Å². The van der Waals surface area contributed by atoms with E-state index in [0.29, 0.717) is 27.3 Å². The molecule has 5 heterocycles. The van der Waals surface area contributed by atoms with E-state index in [0.717, 1.165) is 47.1 Å². The molecule has 2 fully saturated rings. The summed E-state index contributed by atoms with van der Waals surface area (Å²) in [5.74, 6) is 1.87. The average Bonchev–Trinajstić information content (AvgIpc) is 3.65. The Morgan fingerprint density at radius 1 is 1.03 bits per heavy atom. The quantitative estimate of drug-likeness (QED) is 0.281. The molecule has 9 heteroatoms. The molecule has 2 aliphatic rings. The van der Waals surface area contributed by atoms with Gasteiger partial charge in [-0.3, -0.25) is 14.3 Å². The third-order valence-electron chi connectivity index (χ3n) is 7.71. The number of nitrogens with one attached hydrogen (secondary N) is 1. The third kappa shape index (κ3) is 4.42. The van der Waals surface area contributed by atoms with E-state index in [1.165, 1.54) is 24.2 Å². The van der Waals surface area contributed by atoms with Gasteiger partial charge in [0.15, 0.2) is 0 Å². The molecule has 0 aliphatic carbocycles. The largest absolute Gasteiger partial charge is 0.490 e. The molecule has 3 atom stereocenters. The predicted molar refractivity (Wildman–Crippen MR) is 150 cm³/mol. The Balaban J connectivity index is 1.06. The number of nitrogens with zero attached hydrogens (tertiary/aromatic N) is 4. The van der Waals surface area contributed by atoms with E-state index in [-0.39, 0.29) is 11.7 Å². The van der Waals surface area contributed by atoms with Gasteiger partial charge in [0, 0.05) is 34.4 Å². The minimum absolute atomic E-state index is 0.0746. The maximum Gasteiger partial charge on any atom is 0.275 e. The van der Waals surface area contributed by atoms with Crippen molar-refractivity contribution in [2.24, 2.45) is 0 Å². The third-order valence-corrected chi connectivity index (χ3v) is 9.13. The fraction of sp³-hybridized carbons (Fsp3) is 0.276. The molecule has 2 aromatic carbocycles. The van der Waals surface area contributed by atoms with Crippen LogP contribution in [0, 0.1) is 0 Å². The summed E-state index contributed by atoms with van der Waals surface area (Å²) in [4.78, 5) is 29.1. The molecule has 38 heavy (non-hydrogen) atoms. The molecule has 5 aromatic rings. The summed E-state index contributed by atoms with van der Waals surface area (Å²) in [6.07, 6.45) is 9.97. The monoisotopic (exact) mass is 543 g/mol. The summed E-state index contributed by atoms with van der Waals surface area (Å²) < 4.78 is 8.64. The van der Waals surface area contributed by atoms with Crippen LogP contribution in [0.2, 0.25) is 5.02 Å². The molecule has 1 unspecified atom stereocenters. The highest BCUT2D eigenvalue weighted by molar-refractivity contribution is 7.22. The number of thiophene rings is 1. The number of imidazole rings is 1. The van der Waals surface area contributed by atoms with Gasteiger partial charge in [0.2, 0.25) is 0 Å². The van der Waals surface area contributed by atoms with E-state index in [2.05, 4.69) is 19.9 Å². The number of rotatable bonds is 6. The van der Waals surface area contributed by atoms with Gasteiger partial charge in [-0.15, -0.1) is 11.3 Å². The van der Waals surface area contributed by atoms with E-state index >= 15 is 0 Å². The van der Waals surface area contributed by atoms with Crippen molar-refractivity contribution in [1.82, 2.24) is 24.4 Å². The molecule has 0 spiro atoms. The summed E-state index contributed by atoms with van der Waals surface area (Å²) in [5, 5.41) is 0.686. The topological polar surface area (TPSA) is 76.0 Å². The van der Waals surface area contributed by atoms with Gasteiger partial charge in [0.1, 0.15) is 28.7 Å². The lowest BCUT2D eigenvalue weighted by Gasteiger charge is -2.38. The molecule has 0 radical (unpaired) electrons. The number of fused-ring (bicyclic) bond motifs is 3. The molecular formula is C29H26ClN5O2S. The first-order valence-corrected chi connectivity index (χ1v) is 14.1. The van der Waals surface area contributed by atoms with E-state index in [1.807, 2.05) is 67.0 Å². The number of benzene rings is 2. The molecule has 2 aliphatic heterocycles. The Labute approximate surface area is 228 Å². The van der Waals surface area contributed by atoms with Crippen LogP contribution in [0.5, 0.6) is 5.75 Å². The van der Waals surface area contributed by atoms with E-state index in [1.54, 1.807) is 10.9 Å². The van der Waals surface area contributed by atoms with Gasteiger partial charge in [0.25, 0.3) is 5.56 Å². The molecule has 0 amide bonds. The second-order valence-electron chi connectivity index (χ2n) is 10.0. The standard InChI is InChI=1S/C29H26ClN5O2S/c30-19-3-1-18(2-4-19)26-15-25-28(38-26)29(36)35(17-33-25)20-7-9-23(10-8-20)37-24-13-21-5-6-22(14-24)34(21)16-27-31-11-12-32-27/h1-4,7-12,15,17,21-22,24H,5-6,13-14,16H2,(H,31,32)/t21-,22+,24?. The Hall–Kier alpha value is -3.46. The van der Waals surface area contributed by atoms with Crippen LogP contribution in [0.1, 0.15) is 31.5 Å². The van der Waals surface area contributed by atoms with Crippen molar-refractivity contribution in [2.45, 2.75) is 50.4 Å². The zero-order valence-corrected chi connectivity index (χ0v) is 22.2. The fourth-order valence-corrected chi connectivity index (χ4v) is 7.04. The van der Waals surface area contributed by atoms with Gasteiger partial charge in [0.05, 0.1) is 17.7 Å². The van der Waals surface area contributed by atoms with Crippen molar-refractivity contribution in [3.05, 3.63) is 94.5 Å². The van der Waals surface area contributed by atoms with Crippen LogP contribution in [-0.4, -0.2) is 42.6 Å². The molecule has 2 saturated heterocycles. The number of aromatic nitrogens is 4. The van der Waals surface area contributed by atoms with Crippen LogP contribution in [0.25, 0.3) is 26.3 Å². The normalized spacial score (nSPS) is 21.2. The molecule has 0 saturated carbocycles. The minimum atomic E-state index is -0.0746. The summed E-state index contributed by atoms with van der Waals surface area (Å²) in [6.45, 7) is 0.877. The summed E-state index contributed by atoms with van der Waals surface area (Å²) in [6, 6.07) is 18.4. The highest BCUT2D eigenvalue weighted by atomic mass is 35.5. The first-order valence-electron chi connectivity index (χ1n) is 12.9. The van der Waals surface area contributed by atoms with Crippen molar-refractivity contribution in [2.75, 3.05) is 0 Å². The Morgan fingerprint density at radius 2 is 1.79 bits per heavy atom. The number of hydrogen-bond acceptors (Lipinski definition) is 6. The van der Waals surface area contributed by atoms with E-state index in [9.17, 15) is 4.79 Å². The first-order chi connectivity index (χ1) is 18.6. The van der Waals surface area contributed by atoms with Gasteiger partial charge in [-0.25, -0.2) is 9.97 Å². The summed E-state index contributed by atoms with van der Waals surface area (Å²) >= 11 is 7.48. The Kier molecular flexibility index (Phi) is 6.03. The zero-order chi connectivity index (χ0) is 25.6. The van der Waals surface area contributed by atoms with Crippen LogP contribution < -0.4 is 10.3 Å². The lowest BCUT2D eigenvalue weighted by molar-refractivity contribution is 0.0431. The highest BCUT2D eigenvalue weighted by Gasteiger charge is 2.41. The molecular weight excluding hydrogens is 518 g/mol. The molecule has 1 N–H and O–H groups in total. The lowest BCUT2D eigenvalue weighted by Crippen LogP contribution is -2.45. The van der Waals surface area contributed by atoms with Crippen LogP contribution in [0.15, 0.2) is 78.1 Å². The number of hydrogen-bond donors (Lipinski definition) is 1. The van der Waals surface area contributed by atoms with Crippen molar-refractivity contribution in [1.29, 1.82) is 0 Å². The van der Waals surface area contributed by atoms with Gasteiger partial charge in [-0.05, 0) is 73.7 Å². The molecule has 2 bridgehead atoms. The second kappa shape index (κ2) is 9.69. The number of aromatic amines is 1. The maximum atomic E-state index is 13.3. The fourth-order valence-electron chi connectivity index (χ4n) is 5.87. The average molecular weight is 544 g/mol. The molecule has 7 rings (SSSR count). The summed E-state index contributed by atoms with van der Waals surface area (Å²) in [5.41, 5.74) is 2.42. The Bertz CT molecular complexity index is 1610. The smallest absolute Gasteiger partial charge is 0.275 e. The van der Waals surface area contributed by atoms with Crippen LogP contribution in [-0.2, 0) is 6.54 Å². The van der Waals surface area contributed by atoms with E-state index in [4.69, 9.17) is 16.3 Å². The van der Waals surface area contributed by atoms with Crippen molar-refractivity contribution in [3.8, 4) is 21.9 Å². The van der Waals surface area contributed by atoms with Crippen LogP contribution >= 0.6 is 22.9 Å². The van der Waals surface area contributed by atoms with Crippen molar-refractivity contribution in [3.63, 3.8) is 0 Å². The van der Waals surface area contributed by atoms with Gasteiger partial charge in [-0.1, -0.05) is 23.7 Å². The summed E-state index contributed by atoms with van der Waals surface area (Å²) in [7, 11) is 0. The van der Waals surface area contributed by atoms with Gasteiger partial charge < -0.3 is 9.72 Å². The lowest BCUT2D eigenvalue weighted by atomic mass is 9.99. The van der Waals surface area contributed by atoms with Gasteiger partial charge >= 0.3 is 0 Å².